The number of hydrogen-bond acceptors (Lipinski definition) is 4. The standard InChI is InChI=1S/C27H28Cl2FN3O4S/c1-4-25(27(35)31-3)32(16-19-7-14-23(28)24(29)15-19)26(34)17-33(21-10-8-20(30)9-11-21)38(36,37)22-12-5-18(2)6-13-22/h5-15,25H,4,16-17H2,1-3H3,(H,31,35)/t25-/m1/s1. The minimum atomic E-state index is -4.23. The number of carbonyl (C=O) groups is 2. The Morgan fingerprint density at radius 2 is 1.61 bits per heavy atom. The number of anilines is 1. The summed E-state index contributed by atoms with van der Waals surface area (Å²) in [5.74, 6) is -1.60. The van der Waals surface area contributed by atoms with Crippen LogP contribution in [-0.4, -0.2) is 44.8 Å². The first-order valence-corrected chi connectivity index (χ1v) is 14.0. The van der Waals surface area contributed by atoms with Crippen molar-refractivity contribution in [2.24, 2.45) is 0 Å². The van der Waals surface area contributed by atoms with Crippen molar-refractivity contribution in [3.63, 3.8) is 0 Å². The van der Waals surface area contributed by atoms with E-state index in [0.717, 1.165) is 22.0 Å². The van der Waals surface area contributed by atoms with Gasteiger partial charge in [-0.25, -0.2) is 12.8 Å². The SMILES string of the molecule is CC[C@H](C(=O)NC)N(Cc1ccc(Cl)c(Cl)c1)C(=O)CN(c1ccc(F)cc1)S(=O)(=O)c1ccc(C)cc1. The second kappa shape index (κ2) is 12.6. The molecule has 0 bridgehead atoms. The van der Waals surface area contributed by atoms with Crippen LogP contribution in [0.15, 0.2) is 71.6 Å². The zero-order chi connectivity index (χ0) is 28.0. The summed E-state index contributed by atoms with van der Waals surface area (Å²) in [5, 5.41) is 3.17. The molecule has 3 rings (SSSR count). The van der Waals surface area contributed by atoms with Gasteiger partial charge in [0, 0.05) is 13.6 Å². The summed E-state index contributed by atoms with van der Waals surface area (Å²) >= 11 is 12.2. The normalized spacial score (nSPS) is 12.1. The van der Waals surface area contributed by atoms with Crippen LogP contribution in [0.25, 0.3) is 0 Å². The maximum atomic E-state index is 13.8. The van der Waals surface area contributed by atoms with Crippen LogP contribution in [0.2, 0.25) is 10.0 Å². The molecule has 202 valence electrons. The highest BCUT2D eigenvalue weighted by Crippen LogP contribution is 2.27. The molecule has 3 aromatic rings. The topological polar surface area (TPSA) is 86.8 Å². The molecule has 0 fully saturated rings. The van der Waals surface area contributed by atoms with Crippen molar-refractivity contribution in [2.45, 2.75) is 37.8 Å². The highest BCUT2D eigenvalue weighted by atomic mass is 35.5. The molecule has 0 aliphatic carbocycles. The lowest BCUT2D eigenvalue weighted by atomic mass is 10.1. The lowest BCUT2D eigenvalue weighted by molar-refractivity contribution is -0.140. The van der Waals surface area contributed by atoms with Crippen molar-refractivity contribution in [2.75, 3.05) is 17.9 Å². The summed E-state index contributed by atoms with van der Waals surface area (Å²) in [7, 11) is -2.77. The Morgan fingerprint density at radius 1 is 0.974 bits per heavy atom. The van der Waals surface area contributed by atoms with Gasteiger partial charge in [0.25, 0.3) is 10.0 Å². The maximum absolute atomic E-state index is 13.8. The number of nitrogens with zero attached hydrogens (tertiary/aromatic N) is 2. The van der Waals surface area contributed by atoms with Gasteiger partial charge >= 0.3 is 0 Å². The summed E-state index contributed by atoms with van der Waals surface area (Å²) in [6.07, 6.45) is 0.272. The minimum absolute atomic E-state index is 0.0243. The van der Waals surface area contributed by atoms with Crippen molar-refractivity contribution in [3.05, 3.63) is 93.7 Å². The molecular formula is C27H28Cl2FN3O4S. The second-order valence-electron chi connectivity index (χ2n) is 8.61. The maximum Gasteiger partial charge on any atom is 0.264 e. The molecule has 0 aromatic heterocycles. The first kappa shape index (κ1) is 29.4. The Balaban J connectivity index is 2.06. The van der Waals surface area contributed by atoms with Crippen LogP contribution in [0, 0.1) is 12.7 Å². The van der Waals surface area contributed by atoms with Gasteiger partial charge in [-0.2, -0.15) is 0 Å². The van der Waals surface area contributed by atoms with Crippen LogP contribution in [0.5, 0.6) is 0 Å². The highest BCUT2D eigenvalue weighted by molar-refractivity contribution is 7.92. The molecular weight excluding hydrogens is 552 g/mol. The van der Waals surface area contributed by atoms with Gasteiger partial charge in [0.2, 0.25) is 11.8 Å². The Kier molecular flexibility index (Phi) is 9.76. The smallest absolute Gasteiger partial charge is 0.264 e. The molecule has 0 aliphatic heterocycles. The van der Waals surface area contributed by atoms with E-state index in [2.05, 4.69) is 5.32 Å². The Labute approximate surface area is 232 Å². The van der Waals surface area contributed by atoms with Crippen LogP contribution >= 0.6 is 23.2 Å². The van der Waals surface area contributed by atoms with E-state index in [0.29, 0.717) is 10.6 Å². The molecule has 0 radical (unpaired) electrons. The fourth-order valence-electron chi connectivity index (χ4n) is 3.89. The number of amides is 2. The van der Waals surface area contributed by atoms with Gasteiger partial charge in [0.15, 0.2) is 0 Å². The zero-order valence-corrected chi connectivity index (χ0v) is 23.4. The highest BCUT2D eigenvalue weighted by Gasteiger charge is 2.33. The van der Waals surface area contributed by atoms with Crippen molar-refractivity contribution in [3.8, 4) is 0 Å². The molecule has 3 aromatic carbocycles. The first-order chi connectivity index (χ1) is 18.0. The Hall–Kier alpha value is -3.14. The quantitative estimate of drug-likeness (QED) is 0.358. The number of aryl methyl sites for hydroxylation is 1. The molecule has 2 amide bonds. The van der Waals surface area contributed by atoms with Crippen molar-refractivity contribution < 1.29 is 22.4 Å². The molecule has 1 atom stereocenters. The van der Waals surface area contributed by atoms with Crippen molar-refractivity contribution >= 4 is 50.7 Å². The third kappa shape index (κ3) is 6.83. The summed E-state index contributed by atoms with van der Waals surface area (Å²) in [4.78, 5) is 27.8. The van der Waals surface area contributed by atoms with E-state index in [4.69, 9.17) is 23.2 Å². The van der Waals surface area contributed by atoms with Gasteiger partial charge in [-0.05, 0) is 67.4 Å². The van der Waals surface area contributed by atoms with E-state index in [1.54, 1.807) is 37.3 Å². The van der Waals surface area contributed by atoms with Crippen LogP contribution in [-0.2, 0) is 26.2 Å². The van der Waals surface area contributed by atoms with E-state index < -0.39 is 40.2 Å². The number of sulfonamides is 1. The Bertz CT molecular complexity index is 1400. The van der Waals surface area contributed by atoms with E-state index in [-0.39, 0.29) is 28.6 Å². The number of likely N-dealkylation sites (N-methyl/N-ethyl adjacent to an activating group) is 1. The molecule has 0 spiro atoms. The largest absolute Gasteiger partial charge is 0.357 e. The van der Waals surface area contributed by atoms with Gasteiger partial charge in [-0.1, -0.05) is 53.9 Å². The lowest BCUT2D eigenvalue weighted by Crippen LogP contribution is -2.51. The van der Waals surface area contributed by atoms with Crippen molar-refractivity contribution in [1.29, 1.82) is 0 Å². The monoisotopic (exact) mass is 579 g/mol. The van der Waals surface area contributed by atoms with Gasteiger partial charge < -0.3 is 10.2 Å². The molecule has 0 heterocycles. The molecule has 7 nitrogen and oxygen atoms in total. The molecule has 0 saturated heterocycles. The average Bonchev–Trinajstić information content (AvgIpc) is 2.89. The predicted octanol–water partition coefficient (Wildman–Crippen LogP) is 5.19. The average molecular weight is 581 g/mol. The van der Waals surface area contributed by atoms with Gasteiger partial charge in [-0.3, -0.25) is 13.9 Å². The number of halogens is 3. The van der Waals surface area contributed by atoms with E-state index in [1.165, 1.54) is 36.2 Å². The van der Waals surface area contributed by atoms with Crippen LogP contribution in [0.3, 0.4) is 0 Å². The second-order valence-corrected chi connectivity index (χ2v) is 11.3. The third-order valence-corrected chi connectivity index (χ3v) is 8.50. The number of nitrogens with one attached hydrogen (secondary N) is 1. The summed E-state index contributed by atoms with van der Waals surface area (Å²) < 4.78 is 42.0. The zero-order valence-electron chi connectivity index (χ0n) is 21.1. The number of carbonyl (C=O) groups excluding carboxylic acids is 2. The lowest BCUT2D eigenvalue weighted by Gasteiger charge is -2.33. The number of hydrogen-bond donors (Lipinski definition) is 1. The molecule has 0 aliphatic rings. The minimum Gasteiger partial charge on any atom is -0.357 e. The van der Waals surface area contributed by atoms with Gasteiger partial charge in [-0.15, -0.1) is 0 Å². The molecule has 11 heteroatoms. The third-order valence-electron chi connectivity index (χ3n) is 5.97. The summed E-state index contributed by atoms with van der Waals surface area (Å²) in [6.45, 7) is 2.91. The van der Waals surface area contributed by atoms with Crippen molar-refractivity contribution in [1.82, 2.24) is 10.2 Å². The fraction of sp³-hybridized carbons (Fsp3) is 0.259. The number of benzene rings is 3. The van der Waals surface area contributed by atoms with Crippen LogP contribution in [0.1, 0.15) is 24.5 Å². The van der Waals surface area contributed by atoms with Gasteiger partial charge in [0.1, 0.15) is 18.4 Å². The fourth-order valence-corrected chi connectivity index (χ4v) is 5.63. The summed E-state index contributed by atoms with van der Waals surface area (Å²) in [5.41, 5.74) is 1.56. The first-order valence-electron chi connectivity index (χ1n) is 11.8. The van der Waals surface area contributed by atoms with Gasteiger partial charge in [0.05, 0.1) is 20.6 Å². The van der Waals surface area contributed by atoms with E-state index in [1.807, 2.05) is 6.92 Å². The van der Waals surface area contributed by atoms with E-state index >= 15 is 0 Å². The van der Waals surface area contributed by atoms with E-state index in [9.17, 15) is 22.4 Å². The van der Waals surface area contributed by atoms with Crippen LogP contribution in [0.4, 0.5) is 10.1 Å². The Morgan fingerprint density at radius 3 is 2.16 bits per heavy atom. The molecule has 0 unspecified atom stereocenters. The number of rotatable bonds is 10. The van der Waals surface area contributed by atoms with Crippen LogP contribution < -0.4 is 9.62 Å². The predicted molar refractivity (Wildman–Crippen MR) is 147 cm³/mol. The molecule has 0 saturated carbocycles. The molecule has 38 heavy (non-hydrogen) atoms. The molecule has 1 N–H and O–H groups in total. The summed E-state index contributed by atoms with van der Waals surface area (Å²) in [6, 6.07) is 14.9.